The second kappa shape index (κ2) is 16.9. The molecule has 0 aromatic rings. The van der Waals surface area contributed by atoms with Gasteiger partial charge in [0.15, 0.2) is 34.7 Å². The molecule has 0 aromatic carbocycles. The molecular formula is H12Al2BaSi. The van der Waals surface area contributed by atoms with Gasteiger partial charge in [-0.1, -0.05) is 0 Å². The van der Waals surface area contributed by atoms with E-state index in [0.717, 1.165) is 0 Å². The zero-order chi connectivity index (χ0) is 0. The van der Waals surface area contributed by atoms with Gasteiger partial charge in [0.2, 0.25) is 0 Å². The van der Waals surface area contributed by atoms with Gasteiger partial charge in [-0.2, -0.15) is 0 Å². The summed E-state index contributed by atoms with van der Waals surface area (Å²) in [6, 6.07) is 0. The van der Waals surface area contributed by atoms with Gasteiger partial charge in [-0.15, -0.1) is 0 Å². The Hall–Kier alpha value is 2.85. The van der Waals surface area contributed by atoms with Crippen LogP contribution in [0.3, 0.4) is 0 Å². The molecule has 0 saturated carbocycles. The minimum absolute atomic E-state index is 0. The molecule has 0 saturated heterocycles. The molecule has 0 atom stereocenters. The van der Waals surface area contributed by atoms with E-state index in [1.54, 1.807) is 0 Å². The molecule has 4 heteroatoms. The first-order valence-corrected chi connectivity index (χ1v) is 0. The summed E-state index contributed by atoms with van der Waals surface area (Å²) in [5, 5.41) is 0. The quantitative estimate of drug-likeness (QED) is 0.373. The van der Waals surface area contributed by atoms with Crippen LogP contribution in [0.25, 0.3) is 0 Å². The molecule has 0 aliphatic heterocycles. The van der Waals surface area contributed by atoms with E-state index in [1.807, 2.05) is 0 Å². The summed E-state index contributed by atoms with van der Waals surface area (Å²) >= 11 is 0. The van der Waals surface area contributed by atoms with Gasteiger partial charge in [0.25, 0.3) is 0 Å². The Morgan fingerprint density at radius 3 is 1.00 bits per heavy atom. The molecular weight excluding hydrogens is 219 g/mol. The second-order valence-corrected chi connectivity index (χ2v) is 0. The van der Waals surface area contributed by atoms with Gasteiger partial charge in [0, 0.05) is 0 Å². The van der Waals surface area contributed by atoms with E-state index >= 15 is 0 Å². The normalized spacial score (nSPS) is 0. The van der Waals surface area contributed by atoms with Crippen LogP contribution in [0, 0.1) is 0 Å². The van der Waals surface area contributed by atoms with Gasteiger partial charge in [0.05, 0.1) is 0 Å². The van der Waals surface area contributed by atoms with Crippen molar-refractivity contribution in [3.05, 3.63) is 0 Å². The van der Waals surface area contributed by atoms with Gasteiger partial charge in [-0.25, -0.2) is 0 Å². The van der Waals surface area contributed by atoms with Crippen molar-refractivity contribution in [3.63, 3.8) is 0 Å². The van der Waals surface area contributed by atoms with E-state index in [0.29, 0.717) is 0 Å². The molecule has 0 spiro atoms. The van der Waals surface area contributed by atoms with Crippen LogP contribution < -0.4 is 0 Å². The fourth-order valence-electron chi connectivity index (χ4n) is 0. The monoisotopic (exact) mass is 232 g/mol. The van der Waals surface area contributed by atoms with E-state index in [9.17, 15) is 0 Å². The molecule has 0 fully saturated rings. The summed E-state index contributed by atoms with van der Waals surface area (Å²) in [4.78, 5) is 0. The largest absolute Gasteiger partial charge is 2.00 e. The summed E-state index contributed by atoms with van der Waals surface area (Å²) in [6.07, 6.45) is 0. The Bertz CT molecular complexity index is 11.5. The predicted molar refractivity (Wildman–Crippen MR) is 39.2 cm³/mol. The first-order valence-electron chi connectivity index (χ1n) is 0. The van der Waals surface area contributed by atoms with Crippen molar-refractivity contribution in [2.45, 2.75) is 0 Å². The fourth-order valence-corrected chi connectivity index (χ4v) is 0. The topological polar surface area (TPSA) is 0 Å². The summed E-state index contributed by atoms with van der Waals surface area (Å²) in [5.74, 6) is 0. The molecule has 0 bridgehead atoms. The van der Waals surface area contributed by atoms with Crippen molar-refractivity contribution in [1.29, 1.82) is 0 Å². The summed E-state index contributed by atoms with van der Waals surface area (Å²) in [6.45, 7) is 0. The van der Waals surface area contributed by atoms with Crippen LogP contribution in [0.15, 0.2) is 0 Å². The van der Waals surface area contributed by atoms with E-state index in [-0.39, 0.29) is 97.4 Å². The summed E-state index contributed by atoms with van der Waals surface area (Å²) < 4.78 is 0. The molecule has 0 radical (unpaired) electrons. The van der Waals surface area contributed by atoms with Crippen LogP contribution in [-0.2, 0) is 0 Å². The van der Waals surface area contributed by atoms with Crippen LogP contribution in [0.4, 0.5) is 0 Å². The second-order valence-electron chi connectivity index (χ2n) is 0. The van der Waals surface area contributed by atoms with Gasteiger partial charge in [-0.05, 0) is 11.0 Å². The molecule has 0 aromatic heterocycles. The minimum atomic E-state index is 0. The average molecular weight is 231 g/mol. The van der Waals surface area contributed by atoms with Crippen LogP contribution in [-0.4, -0.2) is 94.6 Å². The molecule has 0 aliphatic carbocycles. The van der Waals surface area contributed by atoms with Crippen molar-refractivity contribution in [1.82, 2.24) is 0 Å². The SMILES string of the molecule is [AlH3].[AlH3].[Ba+2].[H-].[H-].[SiH4]. The Morgan fingerprint density at radius 1 is 1.00 bits per heavy atom. The molecule has 0 nitrogen and oxygen atoms in total. The third-order valence-electron chi connectivity index (χ3n) is 0. The Labute approximate surface area is 95.4 Å². The van der Waals surface area contributed by atoms with Gasteiger partial charge in [-0.3, -0.25) is 0 Å². The maximum absolute atomic E-state index is 0. The van der Waals surface area contributed by atoms with Crippen LogP contribution >= 0.6 is 0 Å². The molecule has 0 N–H and O–H groups in total. The maximum atomic E-state index is 0. The van der Waals surface area contributed by atoms with Crippen LogP contribution in [0.1, 0.15) is 2.85 Å². The summed E-state index contributed by atoms with van der Waals surface area (Å²) in [7, 11) is 0. The van der Waals surface area contributed by atoms with Crippen LogP contribution in [0.2, 0.25) is 0 Å². The number of rotatable bonds is 0. The van der Waals surface area contributed by atoms with Gasteiger partial charge >= 0.3 is 48.9 Å². The minimum Gasteiger partial charge on any atom is -1.00 e. The molecule has 0 aliphatic rings. The van der Waals surface area contributed by atoms with Gasteiger partial charge in [0.1, 0.15) is 0 Å². The number of hydrogen-bond acceptors (Lipinski definition) is 0. The van der Waals surface area contributed by atoms with E-state index in [4.69, 9.17) is 0 Å². The molecule has 0 amide bonds. The Morgan fingerprint density at radius 2 is 1.00 bits per heavy atom. The van der Waals surface area contributed by atoms with E-state index in [2.05, 4.69) is 0 Å². The third-order valence-corrected chi connectivity index (χ3v) is 0. The van der Waals surface area contributed by atoms with Crippen molar-refractivity contribution in [3.8, 4) is 0 Å². The maximum Gasteiger partial charge on any atom is 2.00 e. The zero-order valence-electron chi connectivity index (χ0n) is 2.71. The van der Waals surface area contributed by atoms with Crippen molar-refractivity contribution >= 4 is 94.6 Å². The van der Waals surface area contributed by atoms with E-state index < -0.39 is 0 Å². The van der Waals surface area contributed by atoms with Crippen molar-refractivity contribution in [2.24, 2.45) is 0 Å². The van der Waals surface area contributed by atoms with Crippen molar-refractivity contribution < 1.29 is 2.85 Å². The first-order chi connectivity index (χ1) is 0. The fraction of sp³-hybridized carbons (Fsp3) is 0. The number of hydrogen-bond donors (Lipinski definition) is 0. The molecule has 24 valence electrons. The first kappa shape index (κ1) is 28.8. The summed E-state index contributed by atoms with van der Waals surface area (Å²) in [5.41, 5.74) is 0. The average Bonchev–Trinajstić information content (AvgIpc) is 0. The van der Waals surface area contributed by atoms with E-state index in [1.165, 1.54) is 0 Å². The molecule has 0 heterocycles. The third kappa shape index (κ3) is 8.85. The van der Waals surface area contributed by atoms with Gasteiger partial charge < -0.3 is 2.85 Å². The standard InChI is InChI=1S/2Al.Ba.H4Si.8H/h;;;1H4;;;;;;;;/q;;+2;;;;;;;;2*-1. The molecule has 0 rings (SSSR count). The molecule has 0 unspecified atom stereocenters. The van der Waals surface area contributed by atoms with Crippen LogP contribution in [0.5, 0.6) is 0 Å². The van der Waals surface area contributed by atoms with Crippen molar-refractivity contribution in [2.75, 3.05) is 0 Å². The smallest absolute Gasteiger partial charge is 1.00 e. The Kier molecular flexibility index (Phi) is 122. The Balaban J connectivity index is 0. The zero-order valence-corrected chi connectivity index (χ0v) is 5.15. The molecule has 4 heavy (non-hydrogen) atoms. The predicted octanol–water partition coefficient (Wildman–Crippen LogP) is -3.98.